The summed E-state index contributed by atoms with van der Waals surface area (Å²) in [5, 5.41) is 7.09. The summed E-state index contributed by atoms with van der Waals surface area (Å²) in [7, 11) is 4.07. The van der Waals surface area contributed by atoms with Gasteiger partial charge in [0.05, 0.1) is 6.04 Å². The lowest BCUT2D eigenvalue weighted by molar-refractivity contribution is 0.209. The Bertz CT molecular complexity index is 526. The second-order valence-electron chi connectivity index (χ2n) is 7.25. The molecule has 1 aromatic carbocycles. The molecule has 0 amide bonds. The van der Waals surface area contributed by atoms with Gasteiger partial charge in [-0.05, 0) is 51.0 Å². The van der Waals surface area contributed by atoms with Crippen molar-refractivity contribution in [2.24, 2.45) is 10.9 Å². The van der Waals surface area contributed by atoms with E-state index in [0.717, 1.165) is 32.1 Å². The summed E-state index contributed by atoms with van der Waals surface area (Å²) in [5.74, 6) is 1.62. The molecule has 2 rings (SSSR count). The average molecular weight is 360 g/mol. The van der Waals surface area contributed by atoms with Gasteiger partial charge < -0.3 is 15.5 Å². The van der Waals surface area contributed by atoms with Crippen LogP contribution >= 0.6 is 0 Å². The summed E-state index contributed by atoms with van der Waals surface area (Å²) in [6, 6.07) is 11.1. The van der Waals surface area contributed by atoms with Gasteiger partial charge in [-0.1, -0.05) is 44.2 Å². The third-order valence-electron chi connectivity index (χ3n) is 5.40. The van der Waals surface area contributed by atoms with E-state index in [-0.39, 0.29) is 0 Å². The van der Waals surface area contributed by atoms with E-state index in [9.17, 15) is 0 Å². The van der Waals surface area contributed by atoms with Crippen molar-refractivity contribution in [3.8, 4) is 0 Å². The number of benzene rings is 1. The fourth-order valence-corrected chi connectivity index (χ4v) is 3.89. The number of aliphatic imine (C=N–C) groups is 1. The molecule has 0 saturated carbocycles. The number of likely N-dealkylation sites (tertiary alicyclic amines) is 1. The Kier molecular flexibility index (Phi) is 8.92. The van der Waals surface area contributed by atoms with Gasteiger partial charge in [-0.2, -0.15) is 0 Å². The van der Waals surface area contributed by atoms with Crippen molar-refractivity contribution in [3.05, 3.63) is 35.9 Å². The van der Waals surface area contributed by atoms with Crippen molar-refractivity contribution in [3.63, 3.8) is 0 Å². The lowest BCUT2D eigenvalue weighted by Crippen LogP contribution is -2.46. The second-order valence-corrected chi connectivity index (χ2v) is 7.25. The molecule has 0 bridgehead atoms. The normalized spacial score (nSPS) is 20.2. The zero-order valence-electron chi connectivity index (χ0n) is 17.0. The molecule has 1 fully saturated rings. The summed E-state index contributed by atoms with van der Waals surface area (Å²) in [6.07, 6.45) is 2.60. The van der Waals surface area contributed by atoms with Crippen LogP contribution in [0, 0.1) is 5.92 Å². The van der Waals surface area contributed by atoms with Gasteiger partial charge in [0, 0.05) is 26.7 Å². The quantitative estimate of drug-likeness (QED) is 0.553. The molecule has 1 saturated heterocycles. The lowest BCUT2D eigenvalue weighted by Gasteiger charge is -2.32. The first-order valence-corrected chi connectivity index (χ1v) is 10.1. The summed E-state index contributed by atoms with van der Waals surface area (Å²) < 4.78 is 0. The molecule has 0 spiro atoms. The van der Waals surface area contributed by atoms with Gasteiger partial charge >= 0.3 is 0 Å². The first-order valence-electron chi connectivity index (χ1n) is 10.1. The van der Waals surface area contributed by atoms with E-state index in [2.05, 4.69) is 76.7 Å². The fraction of sp³-hybridized carbons (Fsp3) is 0.667. The van der Waals surface area contributed by atoms with E-state index in [1.54, 1.807) is 0 Å². The number of piperidine rings is 1. The van der Waals surface area contributed by atoms with Gasteiger partial charge in [-0.3, -0.25) is 9.89 Å². The molecule has 2 atom stereocenters. The van der Waals surface area contributed by atoms with Crippen LogP contribution in [0.25, 0.3) is 0 Å². The Morgan fingerprint density at radius 1 is 1.23 bits per heavy atom. The van der Waals surface area contributed by atoms with Crippen LogP contribution in [0.5, 0.6) is 0 Å². The standard InChI is InChI=1S/C21H37N5/c1-5-26(6-2)20(19-12-8-7-9-13-19)16-24-21(22-3)23-15-18-11-10-14-25(4)17-18/h7-9,12-13,18,20H,5-6,10-11,14-17H2,1-4H3,(H2,22,23,24). The third kappa shape index (κ3) is 6.29. The zero-order chi connectivity index (χ0) is 18.8. The first kappa shape index (κ1) is 20.7. The van der Waals surface area contributed by atoms with Crippen molar-refractivity contribution >= 4 is 5.96 Å². The molecule has 5 heteroatoms. The molecule has 1 aliphatic heterocycles. The highest BCUT2D eigenvalue weighted by atomic mass is 15.2. The van der Waals surface area contributed by atoms with Crippen LogP contribution in [0.1, 0.15) is 38.3 Å². The van der Waals surface area contributed by atoms with Crippen molar-refractivity contribution in [1.29, 1.82) is 0 Å². The number of likely N-dealkylation sites (N-methyl/N-ethyl adjacent to an activating group) is 1. The van der Waals surface area contributed by atoms with Crippen LogP contribution in [0.2, 0.25) is 0 Å². The maximum absolute atomic E-state index is 4.43. The van der Waals surface area contributed by atoms with E-state index >= 15 is 0 Å². The van der Waals surface area contributed by atoms with E-state index in [0.29, 0.717) is 12.0 Å². The molecule has 146 valence electrons. The van der Waals surface area contributed by atoms with Gasteiger partial charge in [-0.15, -0.1) is 0 Å². The molecule has 0 aliphatic carbocycles. The van der Waals surface area contributed by atoms with E-state index in [4.69, 9.17) is 0 Å². The third-order valence-corrected chi connectivity index (χ3v) is 5.40. The van der Waals surface area contributed by atoms with Crippen molar-refractivity contribution < 1.29 is 0 Å². The number of nitrogens with one attached hydrogen (secondary N) is 2. The summed E-state index contributed by atoms with van der Waals surface area (Å²) in [6.45, 7) is 10.8. The molecule has 5 nitrogen and oxygen atoms in total. The van der Waals surface area contributed by atoms with Crippen molar-refractivity contribution in [2.45, 2.75) is 32.7 Å². The van der Waals surface area contributed by atoms with Gasteiger partial charge in [0.15, 0.2) is 5.96 Å². The zero-order valence-corrected chi connectivity index (χ0v) is 17.0. The summed E-state index contributed by atoms with van der Waals surface area (Å²) >= 11 is 0. The predicted octanol–water partition coefficient (Wildman–Crippen LogP) is 2.58. The number of nitrogens with zero attached hydrogens (tertiary/aromatic N) is 3. The van der Waals surface area contributed by atoms with Crippen molar-refractivity contribution in [1.82, 2.24) is 20.4 Å². The van der Waals surface area contributed by atoms with Crippen LogP contribution in [-0.2, 0) is 0 Å². The summed E-state index contributed by atoms with van der Waals surface area (Å²) in [4.78, 5) is 9.35. The Morgan fingerprint density at radius 3 is 2.58 bits per heavy atom. The first-order chi connectivity index (χ1) is 12.7. The number of rotatable bonds is 8. The second kappa shape index (κ2) is 11.2. The highest BCUT2D eigenvalue weighted by Crippen LogP contribution is 2.19. The molecular weight excluding hydrogens is 322 g/mol. The maximum Gasteiger partial charge on any atom is 0.191 e. The molecule has 0 radical (unpaired) electrons. The number of hydrogen-bond donors (Lipinski definition) is 2. The summed E-state index contributed by atoms with van der Waals surface area (Å²) in [5.41, 5.74) is 1.35. The largest absolute Gasteiger partial charge is 0.356 e. The topological polar surface area (TPSA) is 42.9 Å². The van der Waals surface area contributed by atoms with Gasteiger partial charge in [-0.25, -0.2) is 0 Å². The molecule has 1 aromatic rings. The minimum absolute atomic E-state index is 0.352. The molecule has 26 heavy (non-hydrogen) atoms. The Hall–Kier alpha value is -1.59. The van der Waals surface area contributed by atoms with Crippen molar-refractivity contribution in [2.75, 3.05) is 53.4 Å². The van der Waals surface area contributed by atoms with Gasteiger partial charge in [0.25, 0.3) is 0 Å². The van der Waals surface area contributed by atoms with Crippen LogP contribution in [0.15, 0.2) is 35.3 Å². The highest BCUT2D eigenvalue weighted by Gasteiger charge is 2.19. The smallest absolute Gasteiger partial charge is 0.191 e. The molecule has 0 aromatic heterocycles. The van der Waals surface area contributed by atoms with Gasteiger partial charge in [0.1, 0.15) is 0 Å². The Labute approximate surface area is 159 Å². The SMILES string of the molecule is CCN(CC)C(CNC(=NC)NCC1CCCN(C)C1)c1ccccc1. The number of guanidine groups is 1. The van der Waals surface area contributed by atoms with Crippen LogP contribution in [-0.4, -0.2) is 69.1 Å². The van der Waals surface area contributed by atoms with Crippen LogP contribution in [0.3, 0.4) is 0 Å². The monoisotopic (exact) mass is 359 g/mol. The fourth-order valence-electron chi connectivity index (χ4n) is 3.89. The Morgan fingerprint density at radius 2 is 1.96 bits per heavy atom. The molecule has 1 heterocycles. The average Bonchev–Trinajstić information content (AvgIpc) is 2.68. The molecule has 2 unspecified atom stereocenters. The highest BCUT2D eigenvalue weighted by molar-refractivity contribution is 5.79. The Balaban J connectivity index is 1.90. The van der Waals surface area contributed by atoms with E-state index in [1.807, 2.05) is 7.05 Å². The van der Waals surface area contributed by atoms with E-state index < -0.39 is 0 Å². The molecular formula is C21H37N5. The van der Waals surface area contributed by atoms with Crippen LogP contribution in [0.4, 0.5) is 0 Å². The van der Waals surface area contributed by atoms with Crippen LogP contribution < -0.4 is 10.6 Å². The molecule has 2 N–H and O–H groups in total. The van der Waals surface area contributed by atoms with Gasteiger partial charge in [0.2, 0.25) is 0 Å². The number of hydrogen-bond acceptors (Lipinski definition) is 3. The lowest BCUT2D eigenvalue weighted by atomic mass is 9.98. The molecule has 1 aliphatic rings. The minimum Gasteiger partial charge on any atom is -0.356 e. The minimum atomic E-state index is 0.352. The van der Waals surface area contributed by atoms with E-state index in [1.165, 1.54) is 31.5 Å². The predicted molar refractivity (Wildman–Crippen MR) is 112 cm³/mol. The maximum atomic E-state index is 4.43.